The molecule has 0 aliphatic heterocycles. The first-order valence-corrected chi connectivity index (χ1v) is 7.73. The second-order valence-electron chi connectivity index (χ2n) is 5.50. The first kappa shape index (κ1) is 12.8. The van der Waals surface area contributed by atoms with Crippen molar-refractivity contribution in [2.75, 3.05) is 0 Å². The van der Waals surface area contributed by atoms with Gasteiger partial charge >= 0.3 is 0 Å². The van der Waals surface area contributed by atoms with Gasteiger partial charge in [-0.15, -0.1) is 18.5 Å². The van der Waals surface area contributed by atoms with Crippen LogP contribution in [0.15, 0.2) is 23.0 Å². The minimum Gasteiger partial charge on any atom is -0.134 e. The van der Waals surface area contributed by atoms with Crippen molar-refractivity contribution in [3.05, 3.63) is 23.0 Å². The molecule has 2 aliphatic rings. The second-order valence-corrected chi connectivity index (χ2v) is 7.02. The van der Waals surface area contributed by atoms with Crippen molar-refractivity contribution in [1.29, 1.82) is 0 Å². The predicted octanol–water partition coefficient (Wildman–Crippen LogP) is 4.39. The zero-order valence-electron chi connectivity index (χ0n) is 10.4. The fourth-order valence-corrected chi connectivity index (χ4v) is 4.86. The van der Waals surface area contributed by atoms with Crippen LogP contribution in [0, 0.1) is 17.8 Å². The van der Waals surface area contributed by atoms with Gasteiger partial charge in [-0.05, 0) is 56.0 Å². The van der Waals surface area contributed by atoms with Gasteiger partial charge in [-0.2, -0.15) is 0 Å². The molecular weight excluding hydrogens is 230 g/mol. The number of hydrogen-bond donors (Lipinski definition) is 0. The van der Waals surface area contributed by atoms with E-state index in [4.69, 9.17) is 0 Å². The molecule has 0 saturated heterocycles. The summed E-state index contributed by atoms with van der Waals surface area (Å²) < 4.78 is 0. The Morgan fingerprint density at radius 3 is 2.44 bits per heavy atom. The standard InChI is InChI=1S/C14H24P2/c1-9-5-3-7-11(15)13(9)14-10(2)6-4-8-12(14)16/h5,8,10-11,13-14H,3-4,6-7,15-16H2,1-2H3/t10-,11-,13+,14-/m1/s1. The molecule has 2 unspecified atom stereocenters. The van der Waals surface area contributed by atoms with E-state index in [-0.39, 0.29) is 0 Å². The molecule has 0 aromatic heterocycles. The smallest absolute Gasteiger partial charge is 0.00687 e. The van der Waals surface area contributed by atoms with Gasteiger partial charge in [-0.3, -0.25) is 0 Å². The summed E-state index contributed by atoms with van der Waals surface area (Å²) in [5.74, 6) is 2.36. The Morgan fingerprint density at radius 1 is 1.12 bits per heavy atom. The molecule has 0 bridgehead atoms. The molecule has 2 aliphatic carbocycles. The van der Waals surface area contributed by atoms with E-state index in [0.717, 1.165) is 23.4 Å². The topological polar surface area (TPSA) is 0 Å². The highest BCUT2D eigenvalue weighted by Crippen LogP contribution is 2.46. The van der Waals surface area contributed by atoms with E-state index < -0.39 is 0 Å². The summed E-state index contributed by atoms with van der Waals surface area (Å²) >= 11 is 0. The molecule has 0 nitrogen and oxygen atoms in total. The highest BCUT2D eigenvalue weighted by molar-refractivity contribution is 7.22. The largest absolute Gasteiger partial charge is 0.134 e. The first-order chi connectivity index (χ1) is 7.61. The van der Waals surface area contributed by atoms with Crippen molar-refractivity contribution in [1.82, 2.24) is 0 Å². The summed E-state index contributed by atoms with van der Waals surface area (Å²) in [5.41, 5.74) is 2.40. The number of allylic oxidation sites excluding steroid dienone is 4. The summed E-state index contributed by atoms with van der Waals surface area (Å²) in [5, 5.41) is 1.56. The Balaban J connectivity index is 2.27. The van der Waals surface area contributed by atoms with Crippen LogP contribution < -0.4 is 0 Å². The predicted molar refractivity (Wildman–Crippen MR) is 79.7 cm³/mol. The molecule has 16 heavy (non-hydrogen) atoms. The Kier molecular flexibility index (Phi) is 4.26. The molecule has 6 atom stereocenters. The lowest BCUT2D eigenvalue weighted by molar-refractivity contribution is 0.281. The summed E-state index contributed by atoms with van der Waals surface area (Å²) in [6.07, 6.45) is 10.2. The molecule has 2 heteroatoms. The first-order valence-electron chi connectivity index (χ1n) is 6.49. The van der Waals surface area contributed by atoms with Crippen LogP contribution in [0.2, 0.25) is 0 Å². The van der Waals surface area contributed by atoms with Crippen LogP contribution in [0.4, 0.5) is 0 Å². The van der Waals surface area contributed by atoms with Crippen LogP contribution in [0.25, 0.3) is 0 Å². The van der Waals surface area contributed by atoms with Gasteiger partial charge in [0.25, 0.3) is 0 Å². The van der Waals surface area contributed by atoms with E-state index in [1.165, 1.54) is 25.7 Å². The van der Waals surface area contributed by atoms with Crippen molar-refractivity contribution in [3.8, 4) is 0 Å². The van der Waals surface area contributed by atoms with Crippen molar-refractivity contribution < 1.29 is 0 Å². The summed E-state index contributed by atoms with van der Waals surface area (Å²) in [7, 11) is 6.09. The number of hydrogen-bond acceptors (Lipinski definition) is 0. The van der Waals surface area contributed by atoms with Crippen molar-refractivity contribution in [3.63, 3.8) is 0 Å². The van der Waals surface area contributed by atoms with Crippen molar-refractivity contribution in [2.45, 2.75) is 45.2 Å². The molecule has 0 aromatic rings. The lowest BCUT2D eigenvalue weighted by Gasteiger charge is -2.41. The molecule has 0 heterocycles. The molecule has 90 valence electrons. The van der Waals surface area contributed by atoms with Crippen molar-refractivity contribution >= 4 is 18.5 Å². The SMILES string of the molecule is CC1=CCC[C@@H](P)[C@H]1[C@H]1C(P)=CCC[C@H]1C. The molecule has 0 spiro atoms. The minimum atomic E-state index is 0.762. The third-order valence-corrected chi connectivity index (χ3v) is 5.71. The Hall–Kier alpha value is 0.340. The lowest BCUT2D eigenvalue weighted by Crippen LogP contribution is -2.33. The van der Waals surface area contributed by atoms with Crippen LogP contribution >= 0.6 is 18.5 Å². The van der Waals surface area contributed by atoms with E-state index in [9.17, 15) is 0 Å². The van der Waals surface area contributed by atoms with Crippen LogP contribution in [0.1, 0.15) is 39.5 Å². The van der Waals surface area contributed by atoms with Gasteiger partial charge in [0, 0.05) is 0 Å². The summed E-state index contributed by atoms with van der Waals surface area (Å²) in [6, 6.07) is 0. The fraction of sp³-hybridized carbons (Fsp3) is 0.714. The Bertz CT molecular complexity index is 285. The van der Waals surface area contributed by atoms with Gasteiger partial charge in [0.1, 0.15) is 0 Å². The van der Waals surface area contributed by atoms with Crippen LogP contribution in [0.3, 0.4) is 0 Å². The Labute approximate surface area is 105 Å². The molecule has 2 rings (SSSR count). The molecule has 0 aromatic carbocycles. The molecule has 0 amide bonds. The van der Waals surface area contributed by atoms with E-state index >= 15 is 0 Å². The molecule has 0 saturated carbocycles. The van der Waals surface area contributed by atoms with Gasteiger partial charge in [0.2, 0.25) is 0 Å². The van der Waals surface area contributed by atoms with Crippen LogP contribution in [-0.4, -0.2) is 5.66 Å². The molecule has 0 radical (unpaired) electrons. The maximum Gasteiger partial charge on any atom is -0.00687 e. The highest BCUT2D eigenvalue weighted by Gasteiger charge is 2.35. The third-order valence-electron chi connectivity index (χ3n) is 4.34. The van der Waals surface area contributed by atoms with Gasteiger partial charge in [-0.1, -0.05) is 30.0 Å². The zero-order chi connectivity index (χ0) is 11.7. The normalized spacial score (nSPS) is 40.2. The van der Waals surface area contributed by atoms with E-state index in [2.05, 4.69) is 44.5 Å². The van der Waals surface area contributed by atoms with E-state index in [1.54, 1.807) is 10.9 Å². The van der Waals surface area contributed by atoms with E-state index in [1.807, 2.05) is 0 Å². The maximum atomic E-state index is 3.10. The summed E-state index contributed by atoms with van der Waals surface area (Å²) in [6.45, 7) is 4.77. The second kappa shape index (κ2) is 5.32. The average molecular weight is 254 g/mol. The van der Waals surface area contributed by atoms with Crippen LogP contribution in [-0.2, 0) is 0 Å². The fourth-order valence-electron chi connectivity index (χ4n) is 3.42. The van der Waals surface area contributed by atoms with Gasteiger partial charge in [0.05, 0.1) is 0 Å². The van der Waals surface area contributed by atoms with Crippen molar-refractivity contribution in [2.24, 2.45) is 17.8 Å². The Morgan fingerprint density at radius 2 is 1.81 bits per heavy atom. The van der Waals surface area contributed by atoms with Gasteiger partial charge < -0.3 is 0 Å². The van der Waals surface area contributed by atoms with Crippen LogP contribution in [0.5, 0.6) is 0 Å². The molecule has 0 N–H and O–H groups in total. The zero-order valence-corrected chi connectivity index (χ0v) is 12.8. The summed E-state index contributed by atoms with van der Waals surface area (Å²) in [4.78, 5) is 0. The monoisotopic (exact) mass is 254 g/mol. The van der Waals surface area contributed by atoms with Gasteiger partial charge in [-0.25, -0.2) is 0 Å². The molecule has 0 fully saturated rings. The highest BCUT2D eigenvalue weighted by atomic mass is 31.0. The van der Waals surface area contributed by atoms with E-state index in [0.29, 0.717) is 0 Å². The molecular formula is C14H24P2. The number of rotatable bonds is 1. The van der Waals surface area contributed by atoms with Gasteiger partial charge in [0.15, 0.2) is 0 Å². The third kappa shape index (κ3) is 2.44. The quantitative estimate of drug-likeness (QED) is 0.481. The maximum absolute atomic E-state index is 3.10. The minimum absolute atomic E-state index is 0.762. The lowest BCUT2D eigenvalue weighted by atomic mass is 9.70. The average Bonchev–Trinajstić information content (AvgIpc) is 2.21.